The second-order valence-electron chi connectivity index (χ2n) is 5.31. The highest BCUT2D eigenvalue weighted by molar-refractivity contribution is 5.41. The van der Waals surface area contributed by atoms with Gasteiger partial charge in [-0.05, 0) is 24.3 Å². The summed E-state index contributed by atoms with van der Waals surface area (Å²) < 4.78 is 7.71. The topological polar surface area (TPSA) is 76.5 Å². The molecule has 0 saturated carbocycles. The molecule has 6 nitrogen and oxygen atoms in total. The highest BCUT2D eigenvalue weighted by Crippen LogP contribution is 2.14. The maximum Gasteiger partial charge on any atom is 0.122 e. The summed E-state index contributed by atoms with van der Waals surface area (Å²) in [6, 6.07) is 7.18. The summed E-state index contributed by atoms with van der Waals surface area (Å²) in [6.45, 7) is 3.46. The van der Waals surface area contributed by atoms with Crippen molar-refractivity contribution in [1.82, 2.24) is 14.5 Å². The number of aromatic nitrogens is 2. The molecule has 1 aromatic carbocycles. The minimum absolute atomic E-state index is 0.273. The highest BCUT2D eigenvalue weighted by atomic mass is 16.5. The molecule has 0 spiro atoms. The largest absolute Gasteiger partial charge is 0.491 e. The molecular formula is C15H20N4O2. The van der Waals surface area contributed by atoms with E-state index in [2.05, 4.69) is 14.5 Å². The van der Waals surface area contributed by atoms with Crippen LogP contribution < -0.4 is 10.5 Å². The molecule has 3 rings (SSSR count). The van der Waals surface area contributed by atoms with Crippen LogP contribution in [0.5, 0.6) is 5.75 Å². The molecule has 1 aliphatic rings. The lowest BCUT2D eigenvalue weighted by Crippen LogP contribution is -2.40. The molecule has 0 amide bonds. The van der Waals surface area contributed by atoms with Crippen molar-refractivity contribution in [2.75, 3.05) is 25.4 Å². The highest BCUT2D eigenvalue weighted by Gasteiger charge is 2.19. The normalized spacial score (nSPS) is 16.4. The lowest BCUT2D eigenvalue weighted by atomic mass is 10.3. The Labute approximate surface area is 123 Å². The van der Waals surface area contributed by atoms with Crippen LogP contribution in [0, 0.1) is 0 Å². The number of hydrogen-bond acceptors (Lipinski definition) is 5. The summed E-state index contributed by atoms with van der Waals surface area (Å²) in [5.41, 5.74) is 6.32. The van der Waals surface area contributed by atoms with E-state index in [9.17, 15) is 5.11 Å². The number of nitrogens with zero attached hydrogens (tertiary/aromatic N) is 3. The van der Waals surface area contributed by atoms with Crippen LogP contribution in [0.25, 0.3) is 0 Å². The van der Waals surface area contributed by atoms with Crippen LogP contribution in [0.4, 0.5) is 5.69 Å². The summed E-state index contributed by atoms with van der Waals surface area (Å²) in [6.07, 6.45) is 3.29. The van der Waals surface area contributed by atoms with Gasteiger partial charge in [0.1, 0.15) is 24.3 Å². The van der Waals surface area contributed by atoms with Gasteiger partial charge >= 0.3 is 0 Å². The minimum atomic E-state index is -0.524. The molecule has 1 unspecified atom stereocenters. The second kappa shape index (κ2) is 6.15. The molecule has 2 heterocycles. The van der Waals surface area contributed by atoms with Gasteiger partial charge in [0.15, 0.2) is 0 Å². The molecule has 2 aromatic rings. The zero-order chi connectivity index (χ0) is 14.7. The van der Waals surface area contributed by atoms with Gasteiger partial charge in [0, 0.05) is 37.7 Å². The number of nitrogens with two attached hydrogens (primary N) is 1. The number of rotatable bonds is 5. The SMILES string of the molecule is Nc1ccc(OCC(O)CN2CCn3ccnc3C2)cc1. The van der Waals surface area contributed by atoms with Gasteiger partial charge in [-0.1, -0.05) is 0 Å². The van der Waals surface area contributed by atoms with Gasteiger partial charge in [0.05, 0.1) is 6.54 Å². The standard InChI is InChI=1S/C15H20N4O2/c16-12-1-3-14(4-2-12)21-11-13(20)9-18-7-8-19-6-5-17-15(19)10-18/h1-6,13,20H,7-11,16H2. The summed E-state index contributed by atoms with van der Waals surface area (Å²) in [4.78, 5) is 6.51. The molecule has 0 fully saturated rings. The number of fused-ring (bicyclic) bond motifs is 1. The Morgan fingerprint density at radius 3 is 2.90 bits per heavy atom. The number of β-amino-alcohol motifs (C(OH)–C–C–N with tert-alkyl or cyclic N) is 1. The Hall–Kier alpha value is -2.05. The Bertz CT molecular complexity index is 582. The first-order chi connectivity index (χ1) is 10.2. The van der Waals surface area contributed by atoms with Gasteiger partial charge in [-0.25, -0.2) is 4.98 Å². The monoisotopic (exact) mass is 288 g/mol. The summed E-state index contributed by atoms with van der Waals surface area (Å²) in [7, 11) is 0. The smallest absolute Gasteiger partial charge is 0.122 e. The summed E-state index contributed by atoms with van der Waals surface area (Å²) in [5.74, 6) is 1.77. The average molecular weight is 288 g/mol. The molecule has 0 aliphatic carbocycles. The fourth-order valence-electron chi connectivity index (χ4n) is 2.49. The van der Waals surface area contributed by atoms with Crippen LogP contribution in [0.3, 0.4) is 0 Å². The molecule has 1 atom stereocenters. The fourth-order valence-corrected chi connectivity index (χ4v) is 2.49. The molecular weight excluding hydrogens is 268 g/mol. The third-order valence-electron chi connectivity index (χ3n) is 3.62. The number of imidazole rings is 1. The zero-order valence-corrected chi connectivity index (χ0v) is 11.9. The first-order valence-corrected chi connectivity index (χ1v) is 7.09. The van der Waals surface area contributed by atoms with E-state index in [1.165, 1.54) is 0 Å². The number of aliphatic hydroxyl groups excluding tert-OH is 1. The zero-order valence-electron chi connectivity index (χ0n) is 11.9. The van der Waals surface area contributed by atoms with Gasteiger partial charge in [-0.3, -0.25) is 4.90 Å². The lowest BCUT2D eigenvalue weighted by Gasteiger charge is -2.29. The van der Waals surface area contributed by atoms with Crippen molar-refractivity contribution in [1.29, 1.82) is 0 Å². The van der Waals surface area contributed by atoms with E-state index in [-0.39, 0.29) is 6.61 Å². The Morgan fingerprint density at radius 1 is 1.29 bits per heavy atom. The minimum Gasteiger partial charge on any atom is -0.491 e. The van der Waals surface area contributed by atoms with Gasteiger partial charge in [-0.15, -0.1) is 0 Å². The number of nitrogen functional groups attached to an aromatic ring is 1. The van der Waals surface area contributed by atoms with Crippen molar-refractivity contribution in [3.63, 3.8) is 0 Å². The van der Waals surface area contributed by atoms with Crippen LogP contribution in [-0.4, -0.2) is 45.4 Å². The molecule has 0 saturated heterocycles. The number of hydrogen-bond donors (Lipinski definition) is 2. The molecule has 6 heteroatoms. The number of anilines is 1. The molecule has 1 aromatic heterocycles. The molecule has 112 valence electrons. The van der Waals surface area contributed by atoms with E-state index in [1.807, 2.05) is 12.4 Å². The van der Waals surface area contributed by atoms with Crippen molar-refractivity contribution in [3.05, 3.63) is 42.5 Å². The molecule has 3 N–H and O–H groups in total. The fraction of sp³-hybridized carbons (Fsp3) is 0.400. The van der Waals surface area contributed by atoms with E-state index in [0.29, 0.717) is 12.2 Å². The van der Waals surface area contributed by atoms with Crippen LogP contribution in [0.2, 0.25) is 0 Å². The van der Waals surface area contributed by atoms with Crippen LogP contribution in [0.15, 0.2) is 36.7 Å². The molecule has 0 radical (unpaired) electrons. The van der Waals surface area contributed by atoms with Crippen molar-refractivity contribution >= 4 is 5.69 Å². The van der Waals surface area contributed by atoms with Crippen LogP contribution in [0.1, 0.15) is 5.82 Å². The molecule has 1 aliphatic heterocycles. The van der Waals surface area contributed by atoms with Gasteiger partial charge < -0.3 is 20.1 Å². The van der Waals surface area contributed by atoms with E-state index in [4.69, 9.17) is 10.5 Å². The molecule has 21 heavy (non-hydrogen) atoms. The third kappa shape index (κ3) is 3.53. The quantitative estimate of drug-likeness (QED) is 0.793. The summed E-state index contributed by atoms with van der Waals surface area (Å²) in [5, 5.41) is 10.1. The van der Waals surface area contributed by atoms with E-state index in [1.54, 1.807) is 24.3 Å². The predicted molar refractivity (Wildman–Crippen MR) is 79.9 cm³/mol. The average Bonchev–Trinajstić information content (AvgIpc) is 2.94. The van der Waals surface area contributed by atoms with Gasteiger partial charge in [0.25, 0.3) is 0 Å². The number of benzene rings is 1. The summed E-state index contributed by atoms with van der Waals surface area (Å²) >= 11 is 0. The van der Waals surface area contributed by atoms with Crippen LogP contribution in [-0.2, 0) is 13.1 Å². The van der Waals surface area contributed by atoms with Gasteiger partial charge in [-0.2, -0.15) is 0 Å². The Kier molecular flexibility index (Phi) is 4.08. The van der Waals surface area contributed by atoms with E-state index in [0.717, 1.165) is 31.2 Å². The maximum atomic E-state index is 10.1. The van der Waals surface area contributed by atoms with Crippen molar-refractivity contribution in [2.24, 2.45) is 0 Å². The first-order valence-electron chi connectivity index (χ1n) is 7.09. The van der Waals surface area contributed by atoms with E-state index >= 15 is 0 Å². The third-order valence-corrected chi connectivity index (χ3v) is 3.62. The maximum absolute atomic E-state index is 10.1. The number of aliphatic hydroxyl groups is 1. The second-order valence-corrected chi connectivity index (χ2v) is 5.31. The first kappa shape index (κ1) is 13.9. The van der Waals surface area contributed by atoms with E-state index < -0.39 is 6.10 Å². The van der Waals surface area contributed by atoms with Crippen LogP contribution >= 0.6 is 0 Å². The van der Waals surface area contributed by atoms with Crippen molar-refractivity contribution in [3.8, 4) is 5.75 Å². The predicted octanol–water partition coefficient (Wildman–Crippen LogP) is 0.721. The Balaban J connectivity index is 1.46. The van der Waals surface area contributed by atoms with Crippen molar-refractivity contribution in [2.45, 2.75) is 19.2 Å². The molecule has 0 bridgehead atoms. The van der Waals surface area contributed by atoms with Crippen molar-refractivity contribution < 1.29 is 9.84 Å². The number of ether oxygens (including phenoxy) is 1. The van der Waals surface area contributed by atoms with Gasteiger partial charge in [0.2, 0.25) is 0 Å². The Morgan fingerprint density at radius 2 is 2.10 bits per heavy atom. The lowest BCUT2D eigenvalue weighted by molar-refractivity contribution is 0.0583.